The van der Waals surface area contributed by atoms with Crippen LogP contribution in [0.25, 0.3) is 0 Å². The zero-order valence-corrected chi connectivity index (χ0v) is 12.7. The van der Waals surface area contributed by atoms with Crippen molar-refractivity contribution < 1.29 is 9.53 Å². The van der Waals surface area contributed by atoms with Crippen LogP contribution in [0.15, 0.2) is 30.3 Å². The van der Waals surface area contributed by atoms with E-state index >= 15 is 0 Å². The Bertz CT molecular complexity index is 485. The number of hydrogen-bond acceptors (Lipinski definition) is 3. The summed E-state index contributed by atoms with van der Waals surface area (Å²) in [4.78, 5) is 15.0. The van der Waals surface area contributed by atoms with Gasteiger partial charge in [-0.05, 0) is 18.4 Å². The molecule has 2 aliphatic rings. The maximum atomic E-state index is 12.9. The van der Waals surface area contributed by atoms with E-state index < -0.39 is 0 Å². The second-order valence-electron chi connectivity index (χ2n) is 6.41. The summed E-state index contributed by atoms with van der Waals surface area (Å²) in [6.07, 6.45) is 1.90. The molecule has 0 radical (unpaired) electrons. The largest absolute Gasteiger partial charge is 0.384 e. The molecule has 0 saturated carbocycles. The van der Waals surface area contributed by atoms with Gasteiger partial charge in [0.2, 0.25) is 5.91 Å². The van der Waals surface area contributed by atoms with Gasteiger partial charge in [-0.2, -0.15) is 0 Å². The van der Waals surface area contributed by atoms with Crippen LogP contribution in [0.4, 0.5) is 0 Å². The fourth-order valence-corrected chi connectivity index (χ4v) is 3.49. The zero-order chi connectivity index (χ0) is 14.7. The maximum absolute atomic E-state index is 12.9. The van der Waals surface area contributed by atoms with Crippen LogP contribution >= 0.6 is 0 Å². The number of likely N-dealkylation sites (tertiary alicyclic amines) is 1. The predicted octanol–water partition coefficient (Wildman–Crippen LogP) is 1.31. The molecule has 2 saturated heterocycles. The zero-order valence-electron chi connectivity index (χ0n) is 12.7. The van der Waals surface area contributed by atoms with Crippen LogP contribution in [0.1, 0.15) is 12.0 Å². The van der Waals surface area contributed by atoms with Crippen molar-refractivity contribution in [3.63, 3.8) is 0 Å². The summed E-state index contributed by atoms with van der Waals surface area (Å²) < 4.78 is 5.23. The van der Waals surface area contributed by atoms with Gasteiger partial charge in [-0.3, -0.25) is 4.79 Å². The Morgan fingerprint density at radius 3 is 2.76 bits per heavy atom. The van der Waals surface area contributed by atoms with Crippen molar-refractivity contribution in [1.29, 1.82) is 0 Å². The monoisotopic (exact) mass is 288 g/mol. The molecule has 1 amide bonds. The van der Waals surface area contributed by atoms with E-state index in [0.717, 1.165) is 45.6 Å². The van der Waals surface area contributed by atoms with Crippen LogP contribution in [0, 0.1) is 11.3 Å². The molecule has 1 aromatic rings. The number of ether oxygens (including phenoxy) is 1. The minimum Gasteiger partial charge on any atom is -0.384 e. The number of carbonyl (C=O) groups is 1. The van der Waals surface area contributed by atoms with Crippen molar-refractivity contribution in [1.82, 2.24) is 10.2 Å². The molecule has 0 aliphatic carbocycles. The van der Waals surface area contributed by atoms with E-state index in [2.05, 4.69) is 17.4 Å². The molecule has 3 rings (SSSR count). The number of hydrogen-bond donors (Lipinski definition) is 1. The van der Waals surface area contributed by atoms with Gasteiger partial charge in [0.1, 0.15) is 0 Å². The lowest BCUT2D eigenvalue weighted by molar-refractivity contribution is -0.144. The van der Waals surface area contributed by atoms with Crippen LogP contribution in [-0.4, -0.2) is 50.7 Å². The van der Waals surface area contributed by atoms with Crippen LogP contribution in [0.3, 0.4) is 0 Å². The summed E-state index contributed by atoms with van der Waals surface area (Å²) in [6.45, 7) is 4.08. The number of rotatable bonds is 5. The number of benzene rings is 1. The molecule has 0 spiro atoms. The van der Waals surface area contributed by atoms with E-state index in [1.165, 1.54) is 5.56 Å². The van der Waals surface area contributed by atoms with Crippen LogP contribution < -0.4 is 5.32 Å². The topological polar surface area (TPSA) is 41.6 Å². The van der Waals surface area contributed by atoms with Gasteiger partial charge in [0, 0.05) is 39.2 Å². The molecule has 1 atom stereocenters. The van der Waals surface area contributed by atoms with E-state index in [0.29, 0.717) is 11.8 Å². The molecule has 1 aromatic carbocycles. The van der Waals surface area contributed by atoms with Gasteiger partial charge in [-0.25, -0.2) is 0 Å². The number of methoxy groups -OCH3 is 1. The highest BCUT2D eigenvalue weighted by Crippen LogP contribution is 2.32. The van der Waals surface area contributed by atoms with Gasteiger partial charge in [0.25, 0.3) is 0 Å². The SMILES string of the molecule is COCC1CCN(C(=O)C2(Cc3ccccc3)CNC2)C1. The first-order valence-electron chi connectivity index (χ1n) is 7.76. The summed E-state index contributed by atoms with van der Waals surface area (Å²) in [5.74, 6) is 0.824. The van der Waals surface area contributed by atoms with Gasteiger partial charge in [0.15, 0.2) is 0 Å². The van der Waals surface area contributed by atoms with Crippen molar-refractivity contribution in [2.24, 2.45) is 11.3 Å². The molecule has 0 bridgehead atoms. The van der Waals surface area contributed by atoms with E-state index in [1.54, 1.807) is 7.11 Å². The maximum Gasteiger partial charge on any atom is 0.231 e. The standard InChI is InChI=1S/C17H24N2O2/c1-21-11-15-7-8-19(10-15)16(20)17(12-18-13-17)9-14-5-3-2-4-6-14/h2-6,15,18H,7-13H2,1H3. The highest BCUT2D eigenvalue weighted by molar-refractivity contribution is 5.85. The third-order valence-electron chi connectivity index (χ3n) is 4.74. The van der Waals surface area contributed by atoms with E-state index in [-0.39, 0.29) is 5.41 Å². The van der Waals surface area contributed by atoms with Crippen molar-refractivity contribution in [2.45, 2.75) is 12.8 Å². The quantitative estimate of drug-likeness (QED) is 0.888. The average Bonchev–Trinajstić information content (AvgIpc) is 2.92. The summed E-state index contributed by atoms with van der Waals surface area (Å²) >= 11 is 0. The second kappa shape index (κ2) is 6.16. The van der Waals surface area contributed by atoms with Crippen LogP contribution in [0.2, 0.25) is 0 Å². The third-order valence-corrected chi connectivity index (χ3v) is 4.74. The number of nitrogens with zero attached hydrogens (tertiary/aromatic N) is 1. The molecular weight excluding hydrogens is 264 g/mol. The van der Waals surface area contributed by atoms with Crippen molar-refractivity contribution >= 4 is 5.91 Å². The molecule has 4 heteroatoms. The third kappa shape index (κ3) is 2.97. The number of nitrogens with one attached hydrogen (secondary N) is 1. The van der Waals surface area contributed by atoms with Gasteiger partial charge in [0.05, 0.1) is 12.0 Å². The Labute approximate surface area is 126 Å². The van der Waals surface area contributed by atoms with Gasteiger partial charge < -0.3 is 15.0 Å². The van der Waals surface area contributed by atoms with Crippen molar-refractivity contribution in [3.05, 3.63) is 35.9 Å². The van der Waals surface area contributed by atoms with Crippen LogP contribution in [0.5, 0.6) is 0 Å². The second-order valence-corrected chi connectivity index (χ2v) is 6.41. The molecule has 114 valence electrons. The van der Waals surface area contributed by atoms with E-state index in [9.17, 15) is 4.79 Å². The molecule has 2 aliphatic heterocycles. The smallest absolute Gasteiger partial charge is 0.231 e. The summed E-state index contributed by atoms with van der Waals surface area (Å²) in [7, 11) is 1.73. The van der Waals surface area contributed by atoms with Gasteiger partial charge in [-0.15, -0.1) is 0 Å². The minimum absolute atomic E-state index is 0.233. The molecule has 1 N–H and O–H groups in total. The van der Waals surface area contributed by atoms with E-state index in [4.69, 9.17) is 4.74 Å². The molecule has 0 aromatic heterocycles. The summed E-state index contributed by atoms with van der Waals surface area (Å²) in [5.41, 5.74) is 1.02. The first-order chi connectivity index (χ1) is 10.2. The fourth-order valence-electron chi connectivity index (χ4n) is 3.49. The molecule has 21 heavy (non-hydrogen) atoms. The Balaban J connectivity index is 1.67. The Morgan fingerprint density at radius 1 is 1.38 bits per heavy atom. The fraction of sp³-hybridized carbons (Fsp3) is 0.588. The molecule has 1 unspecified atom stereocenters. The number of amides is 1. The number of carbonyl (C=O) groups excluding carboxylic acids is 1. The average molecular weight is 288 g/mol. The summed E-state index contributed by atoms with van der Waals surface area (Å²) in [5, 5.41) is 3.29. The Hall–Kier alpha value is -1.39. The molecule has 2 heterocycles. The lowest BCUT2D eigenvalue weighted by atomic mass is 9.75. The normalized spacial score (nSPS) is 23.9. The highest BCUT2D eigenvalue weighted by Gasteiger charge is 2.47. The van der Waals surface area contributed by atoms with Crippen molar-refractivity contribution in [3.8, 4) is 0 Å². The lowest BCUT2D eigenvalue weighted by Gasteiger charge is -2.43. The minimum atomic E-state index is -0.233. The predicted molar refractivity (Wildman–Crippen MR) is 82.0 cm³/mol. The Morgan fingerprint density at radius 2 is 2.14 bits per heavy atom. The molecule has 4 nitrogen and oxygen atoms in total. The van der Waals surface area contributed by atoms with Crippen LogP contribution in [-0.2, 0) is 16.0 Å². The molecular formula is C17H24N2O2. The van der Waals surface area contributed by atoms with Gasteiger partial charge >= 0.3 is 0 Å². The lowest BCUT2D eigenvalue weighted by Crippen LogP contribution is -2.63. The summed E-state index contributed by atoms with van der Waals surface area (Å²) in [6, 6.07) is 10.3. The highest BCUT2D eigenvalue weighted by atomic mass is 16.5. The van der Waals surface area contributed by atoms with Gasteiger partial charge in [-0.1, -0.05) is 30.3 Å². The first-order valence-corrected chi connectivity index (χ1v) is 7.76. The van der Waals surface area contributed by atoms with E-state index in [1.807, 2.05) is 23.1 Å². The van der Waals surface area contributed by atoms with Crippen molar-refractivity contribution in [2.75, 3.05) is 39.9 Å². The molecule has 2 fully saturated rings. The first kappa shape index (κ1) is 14.5. The Kier molecular flexibility index (Phi) is 4.27.